The molecular formula is C104H210N8O2. The van der Waals surface area contributed by atoms with Crippen LogP contribution in [-0.4, -0.2) is 202 Å². The summed E-state index contributed by atoms with van der Waals surface area (Å²) in [5.41, 5.74) is 6.60. The molecule has 0 amide bonds. The summed E-state index contributed by atoms with van der Waals surface area (Å²) in [7, 11) is 0. The van der Waals surface area contributed by atoms with Gasteiger partial charge in [0.15, 0.2) is 5.79 Å². The van der Waals surface area contributed by atoms with Crippen molar-refractivity contribution in [1.82, 2.24) is 39.2 Å². The van der Waals surface area contributed by atoms with Gasteiger partial charge in [-0.3, -0.25) is 39.2 Å². The zero-order valence-electron chi connectivity index (χ0n) is 87.5. The van der Waals surface area contributed by atoms with Crippen LogP contribution in [0.3, 0.4) is 0 Å². The number of piperidine rings is 2. The largest absolute Gasteiger partial charge is 0.346 e. The number of rotatable bonds is 0. The Bertz CT molecular complexity index is 2610. The average molecular weight is 1600 g/mol. The van der Waals surface area contributed by atoms with E-state index in [-0.39, 0.29) is 16.7 Å². The molecular weight excluding hydrogens is 1390 g/mol. The number of likely N-dealkylation sites (tertiary alicyclic amines) is 8. The van der Waals surface area contributed by atoms with Gasteiger partial charge >= 0.3 is 0 Å². The van der Waals surface area contributed by atoms with Gasteiger partial charge in [0.2, 0.25) is 0 Å². The first-order valence-corrected chi connectivity index (χ1v) is 48.0. The molecule has 0 aromatic rings. The van der Waals surface area contributed by atoms with Gasteiger partial charge in [-0.2, -0.15) is 0 Å². The fourth-order valence-electron chi connectivity index (χ4n) is 22.6. The second-order valence-corrected chi connectivity index (χ2v) is 55.6. The van der Waals surface area contributed by atoms with Gasteiger partial charge in [0, 0.05) is 131 Å². The van der Waals surface area contributed by atoms with Gasteiger partial charge in [0.05, 0.1) is 19.8 Å². The van der Waals surface area contributed by atoms with E-state index in [0.717, 1.165) is 104 Å². The van der Waals surface area contributed by atoms with E-state index in [4.69, 9.17) is 9.47 Å². The highest BCUT2D eigenvalue weighted by Gasteiger charge is 2.61. The molecule has 0 aromatic heterocycles. The predicted octanol–water partition coefficient (Wildman–Crippen LogP) is 27.0. The molecule has 12 rings (SSSR count). The van der Waals surface area contributed by atoms with Gasteiger partial charge in [0.25, 0.3) is 0 Å². The first kappa shape index (κ1) is 106. The maximum atomic E-state index is 5.89. The summed E-state index contributed by atoms with van der Waals surface area (Å²) in [4.78, 5) is 21.5. The number of nitrogens with zero attached hydrogens (tertiary/aromatic N) is 8. The lowest BCUT2D eigenvalue weighted by Gasteiger charge is -2.55. The van der Waals surface area contributed by atoms with Crippen LogP contribution in [0.5, 0.6) is 0 Å². The van der Waals surface area contributed by atoms with Crippen LogP contribution in [0.15, 0.2) is 0 Å². The minimum atomic E-state index is -0.328. The normalized spacial score (nSPS) is 30.9. The molecule has 0 radical (unpaired) electrons. The summed E-state index contributed by atoms with van der Waals surface area (Å²) >= 11 is 0. The molecule has 13 unspecified atom stereocenters. The Hall–Kier alpha value is -0.400. The molecule has 9 aliphatic heterocycles. The highest BCUT2D eigenvalue weighted by Crippen LogP contribution is 2.60. The van der Waals surface area contributed by atoms with Crippen LogP contribution in [0.2, 0.25) is 0 Å². The zero-order valence-corrected chi connectivity index (χ0v) is 87.5. The smallest absolute Gasteiger partial charge is 0.182 e. The molecule has 9 saturated heterocycles. The highest BCUT2D eigenvalue weighted by atomic mass is 16.7. The quantitative estimate of drug-likeness (QED) is 0.234. The summed E-state index contributed by atoms with van der Waals surface area (Å²) in [6, 6.07) is 7.65. The Morgan fingerprint density at radius 1 is 0.281 bits per heavy atom. The van der Waals surface area contributed by atoms with E-state index in [2.05, 4.69) is 378 Å². The summed E-state index contributed by atoms with van der Waals surface area (Å²) in [6.45, 7) is 128. The van der Waals surface area contributed by atoms with Crippen LogP contribution >= 0.6 is 0 Å². The highest BCUT2D eigenvalue weighted by molar-refractivity contribution is 5.14. The second-order valence-electron chi connectivity index (χ2n) is 55.6. The number of ether oxygens (including phenoxy) is 2. The summed E-state index contributed by atoms with van der Waals surface area (Å²) in [6.07, 6.45) is 19.4. The molecule has 10 nitrogen and oxygen atoms in total. The van der Waals surface area contributed by atoms with Crippen molar-refractivity contribution >= 4 is 0 Å². The van der Waals surface area contributed by atoms with Crippen LogP contribution in [0, 0.1) is 66.5 Å². The van der Waals surface area contributed by atoms with Gasteiger partial charge in [-0.25, -0.2) is 0 Å². The Morgan fingerprint density at radius 2 is 0.623 bits per heavy atom. The van der Waals surface area contributed by atoms with Crippen LogP contribution in [0.4, 0.5) is 0 Å². The maximum absolute atomic E-state index is 5.89. The van der Waals surface area contributed by atoms with Crippen molar-refractivity contribution in [2.45, 2.75) is 554 Å². The molecule has 10 heteroatoms. The third-order valence-electron chi connectivity index (χ3n) is 28.6. The van der Waals surface area contributed by atoms with Crippen molar-refractivity contribution < 1.29 is 9.47 Å². The fraction of sp³-hybridized carbons (Fsp3) is 1.00. The molecule has 114 heavy (non-hydrogen) atoms. The lowest BCUT2D eigenvalue weighted by atomic mass is 9.76. The predicted molar refractivity (Wildman–Crippen MR) is 505 cm³/mol. The Labute approximate surface area is 717 Å². The third kappa shape index (κ3) is 29.4. The molecule has 13 atom stereocenters. The van der Waals surface area contributed by atoms with Gasteiger partial charge < -0.3 is 9.47 Å². The summed E-state index contributed by atoms with van der Waals surface area (Å²) in [5, 5.41) is 0. The minimum absolute atomic E-state index is 0.163. The second kappa shape index (κ2) is 37.0. The molecule has 0 bridgehead atoms. The van der Waals surface area contributed by atoms with Crippen LogP contribution < -0.4 is 0 Å². The molecule has 678 valence electrons. The average Bonchev–Trinajstić information content (AvgIpc) is 1.57. The minimum Gasteiger partial charge on any atom is -0.346 e. The SMILES string of the molecule is CC.CC(C)(C)C1C2CC2CN1C(C)(C)C.CC(C)(C)C1CC2(CC2)CN1C(C)(C)C.CC(C)(C)C1CC2(CN1C(C)(C)C)OCCO2.CC(C)(C)C1CC2CC2N1C(C)(C)C.CC(C)(C)C1CCCN1C(C)(C)C.CC(C)(C)C1CCCN1C(C)(C)C.CC(C)(C)C1CCN1C(C)(C)C.CC1CCC(C(C)(C)C)N1C(C)(C)C. The van der Waals surface area contributed by atoms with E-state index in [1.165, 1.54) is 116 Å². The molecule has 3 saturated carbocycles. The van der Waals surface area contributed by atoms with Gasteiger partial charge in [-0.05, 0) is 336 Å². The molecule has 2 spiro atoms. The van der Waals surface area contributed by atoms with Crippen LogP contribution in [-0.2, 0) is 9.47 Å². The first-order valence-electron chi connectivity index (χ1n) is 48.0. The van der Waals surface area contributed by atoms with E-state index >= 15 is 0 Å². The number of hydrogen-bond acceptors (Lipinski definition) is 10. The van der Waals surface area contributed by atoms with E-state index in [0.29, 0.717) is 82.7 Å². The molecule has 3 aliphatic carbocycles. The lowest BCUT2D eigenvalue weighted by Crippen LogP contribution is -2.61. The first-order chi connectivity index (χ1) is 50.5. The molecule has 9 heterocycles. The molecule has 12 fully saturated rings. The lowest BCUT2D eigenvalue weighted by molar-refractivity contribution is -0.148. The van der Waals surface area contributed by atoms with Crippen molar-refractivity contribution in [3.05, 3.63) is 0 Å². The Balaban J connectivity index is 0.000000274. The zero-order chi connectivity index (χ0) is 89.1. The monoisotopic (exact) mass is 1600 g/mol. The van der Waals surface area contributed by atoms with Gasteiger partial charge in [-0.15, -0.1) is 0 Å². The topological polar surface area (TPSA) is 44.4 Å². The molecule has 0 aromatic carbocycles. The van der Waals surface area contributed by atoms with E-state index in [9.17, 15) is 0 Å². The van der Waals surface area contributed by atoms with Crippen molar-refractivity contribution in [2.75, 3.05) is 52.5 Å². The van der Waals surface area contributed by atoms with E-state index in [1.54, 1.807) is 0 Å². The van der Waals surface area contributed by atoms with Crippen LogP contribution in [0.25, 0.3) is 0 Å². The van der Waals surface area contributed by atoms with E-state index < -0.39 is 0 Å². The fourth-order valence-corrected chi connectivity index (χ4v) is 22.6. The summed E-state index contributed by atoms with van der Waals surface area (Å²) < 4.78 is 11.8. The standard InChI is InChI=1S/C14H27NO2.C14H27N.2C13H25N.C13H27N.2C12H25N.C11H23N.C2H6/c1-12(2,3)11-9-14(16-7-8-17-14)10-15(11)13(4,5)6;1-12(2,3)11-9-14(7-8-14)10-15(11)13(4,5)6;1-12(2,3)11-10-7-9(10)8-14(11)13(4,5)6;1-12(2,3)11-8-9-7-10(9)14(11)13(4,5)6;1-10-8-9-11(12(2,3)4)14(10)13(5,6)7;2*1-11(2,3)10-8-7-9-13(10)12(4,5)6;1-10(2,3)9-7-8-12(9)11(4,5)6;1-2/h11H,7-10H2,1-6H3;11H,7-10H2,1-6H3;2*9-11H,7-8H2,1-6H3;10-11H,8-9H2,1-7H3;2*10H,7-9H2,1-6H3;9H,7-8H2,1-6H3;1-2H3. The number of fused-ring (bicyclic) bond motifs is 2. The Morgan fingerprint density at radius 3 is 0.877 bits per heavy atom. The Kier molecular flexibility index (Phi) is 34.4. The van der Waals surface area contributed by atoms with E-state index in [1.807, 2.05) is 13.8 Å². The van der Waals surface area contributed by atoms with Crippen LogP contribution in [0.1, 0.15) is 443 Å². The van der Waals surface area contributed by atoms with Crippen molar-refractivity contribution in [1.29, 1.82) is 0 Å². The summed E-state index contributed by atoms with van der Waals surface area (Å²) in [5.74, 6) is 2.73. The third-order valence-corrected chi connectivity index (χ3v) is 28.6. The van der Waals surface area contributed by atoms with Crippen molar-refractivity contribution in [3.8, 4) is 0 Å². The van der Waals surface area contributed by atoms with Gasteiger partial charge in [0.1, 0.15) is 0 Å². The molecule has 0 N–H and O–H groups in total. The van der Waals surface area contributed by atoms with Crippen molar-refractivity contribution in [3.63, 3.8) is 0 Å². The molecule has 12 aliphatic rings. The number of hydrogen-bond donors (Lipinski definition) is 0. The van der Waals surface area contributed by atoms with Crippen molar-refractivity contribution in [2.24, 2.45) is 66.5 Å². The van der Waals surface area contributed by atoms with Gasteiger partial charge in [-0.1, -0.05) is 180 Å². The maximum Gasteiger partial charge on any atom is 0.182 e.